The molecular weight excluding hydrogens is 376 g/mol. The maximum Gasteiger partial charge on any atom is 0.319 e. The lowest BCUT2D eigenvalue weighted by atomic mass is 9.99. The zero-order valence-corrected chi connectivity index (χ0v) is 18.1. The molecule has 0 aliphatic carbocycles. The van der Waals surface area contributed by atoms with Crippen molar-refractivity contribution in [3.63, 3.8) is 0 Å². The van der Waals surface area contributed by atoms with Gasteiger partial charge in [-0.15, -0.1) is 0 Å². The van der Waals surface area contributed by atoms with Crippen molar-refractivity contribution >= 4 is 29.2 Å². The van der Waals surface area contributed by atoms with Gasteiger partial charge in [-0.25, -0.2) is 4.79 Å². The molecule has 0 spiro atoms. The number of rotatable bonds is 7. The molecule has 6 nitrogen and oxygen atoms in total. The third-order valence-electron chi connectivity index (χ3n) is 5.01. The van der Waals surface area contributed by atoms with E-state index in [0.29, 0.717) is 47.2 Å². The molecule has 2 atom stereocenters. The van der Waals surface area contributed by atoms with Crippen molar-refractivity contribution in [2.45, 2.75) is 46.6 Å². The van der Waals surface area contributed by atoms with Crippen molar-refractivity contribution < 1.29 is 9.59 Å². The fraction of sp³-hybridized carbons (Fsp3) is 0.619. The molecule has 1 aliphatic heterocycles. The van der Waals surface area contributed by atoms with Crippen molar-refractivity contribution in [2.24, 2.45) is 11.8 Å². The molecule has 0 radical (unpaired) electrons. The van der Waals surface area contributed by atoms with Gasteiger partial charge >= 0.3 is 6.03 Å². The lowest BCUT2D eigenvalue weighted by Crippen LogP contribution is -2.47. The number of carbonyl (C=O) groups is 2. The van der Waals surface area contributed by atoms with Gasteiger partial charge in [-0.05, 0) is 56.3 Å². The highest BCUT2D eigenvalue weighted by Crippen LogP contribution is 2.21. The topological polar surface area (TPSA) is 73.5 Å². The fourth-order valence-electron chi connectivity index (χ4n) is 3.34. The summed E-state index contributed by atoms with van der Waals surface area (Å²) in [5.41, 5.74) is 0.961. The minimum absolute atomic E-state index is 0.209. The number of likely N-dealkylation sites (tertiary alicyclic amines) is 1. The Morgan fingerprint density at radius 2 is 1.96 bits per heavy atom. The molecule has 156 valence electrons. The van der Waals surface area contributed by atoms with E-state index in [9.17, 15) is 9.59 Å². The van der Waals surface area contributed by atoms with Gasteiger partial charge in [0.2, 0.25) is 0 Å². The second-order valence-corrected chi connectivity index (χ2v) is 8.63. The van der Waals surface area contributed by atoms with Crippen LogP contribution in [0.1, 0.15) is 50.9 Å². The predicted molar refractivity (Wildman–Crippen MR) is 115 cm³/mol. The molecule has 1 aliphatic rings. The van der Waals surface area contributed by atoms with E-state index in [1.165, 1.54) is 12.8 Å². The predicted octanol–water partition coefficient (Wildman–Crippen LogP) is 3.97. The average molecular weight is 409 g/mol. The molecule has 1 aromatic rings. The van der Waals surface area contributed by atoms with Gasteiger partial charge in [0.15, 0.2) is 0 Å². The highest BCUT2D eigenvalue weighted by atomic mass is 35.5. The maximum absolute atomic E-state index is 12.2. The summed E-state index contributed by atoms with van der Waals surface area (Å²) in [6, 6.07) is 4.94. The van der Waals surface area contributed by atoms with E-state index in [0.717, 1.165) is 13.1 Å². The number of nitrogens with zero attached hydrogens (tertiary/aromatic N) is 1. The number of nitrogens with one attached hydrogen (secondary N) is 3. The average Bonchev–Trinajstić information content (AvgIpc) is 2.64. The number of halogens is 1. The van der Waals surface area contributed by atoms with Crippen molar-refractivity contribution in [1.29, 1.82) is 0 Å². The molecule has 0 aromatic heterocycles. The van der Waals surface area contributed by atoms with E-state index >= 15 is 0 Å². The van der Waals surface area contributed by atoms with Crippen LogP contribution in [0, 0.1) is 11.8 Å². The zero-order chi connectivity index (χ0) is 20.7. The molecule has 1 heterocycles. The minimum atomic E-state index is -0.273. The van der Waals surface area contributed by atoms with E-state index in [2.05, 4.69) is 34.7 Å². The summed E-state index contributed by atoms with van der Waals surface area (Å²) in [6.07, 6.45) is 2.50. The van der Waals surface area contributed by atoms with E-state index in [4.69, 9.17) is 11.6 Å². The van der Waals surface area contributed by atoms with Crippen molar-refractivity contribution in [3.8, 4) is 0 Å². The molecule has 0 saturated carbocycles. The normalized spacial score (nSPS) is 18.6. The molecule has 7 heteroatoms. The van der Waals surface area contributed by atoms with Crippen LogP contribution in [0.3, 0.4) is 0 Å². The monoisotopic (exact) mass is 408 g/mol. The third kappa shape index (κ3) is 6.99. The number of carbonyl (C=O) groups excluding carboxylic acids is 2. The van der Waals surface area contributed by atoms with Gasteiger partial charge in [-0.3, -0.25) is 9.69 Å². The smallest absolute Gasteiger partial charge is 0.319 e. The number of amides is 3. The summed E-state index contributed by atoms with van der Waals surface area (Å²) >= 11 is 6.23. The van der Waals surface area contributed by atoms with Crippen LogP contribution in [0.2, 0.25) is 5.02 Å². The Morgan fingerprint density at radius 1 is 1.21 bits per heavy atom. The number of benzene rings is 1. The first-order chi connectivity index (χ1) is 13.3. The van der Waals surface area contributed by atoms with Gasteiger partial charge < -0.3 is 16.0 Å². The Balaban J connectivity index is 1.83. The summed E-state index contributed by atoms with van der Waals surface area (Å²) < 4.78 is 0. The summed E-state index contributed by atoms with van der Waals surface area (Å²) in [7, 11) is 0. The van der Waals surface area contributed by atoms with Crippen LogP contribution in [0.4, 0.5) is 10.5 Å². The Hall–Kier alpha value is -1.79. The number of urea groups is 1. The molecule has 2 rings (SSSR count). The molecule has 0 bridgehead atoms. The maximum atomic E-state index is 12.2. The lowest BCUT2D eigenvalue weighted by Gasteiger charge is -2.35. The van der Waals surface area contributed by atoms with Crippen LogP contribution in [-0.2, 0) is 0 Å². The summed E-state index contributed by atoms with van der Waals surface area (Å²) in [6.45, 7) is 11.8. The van der Waals surface area contributed by atoms with E-state index in [1.807, 2.05) is 13.8 Å². The molecule has 1 fully saturated rings. The quantitative estimate of drug-likeness (QED) is 0.639. The molecule has 1 aromatic carbocycles. The molecule has 3 N–H and O–H groups in total. The Bertz CT molecular complexity index is 680. The van der Waals surface area contributed by atoms with Gasteiger partial charge in [0.05, 0.1) is 10.6 Å². The van der Waals surface area contributed by atoms with Gasteiger partial charge in [0, 0.05) is 31.4 Å². The molecule has 2 unspecified atom stereocenters. The zero-order valence-electron chi connectivity index (χ0n) is 17.3. The number of anilines is 1. The first-order valence-corrected chi connectivity index (χ1v) is 10.5. The number of piperidine rings is 1. The third-order valence-corrected chi connectivity index (χ3v) is 5.32. The van der Waals surface area contributed by atoms with Crippen molar-refractivity contribution in [2.75, 3.05) is 31.5 Å². The van der Waals surface area contributed by atoms with Crippen LogP contribution in [0.15, 0.2) is 18.2 Å². The standard InChI is InChI=1S/C21H33ClN4O2/c1-14(2)11-23-20(27)18-8-7-17(10-19(18)22)25-21(28)24-12-16(4)26-9-5-6-15(3)13-26/h7-8,10,14-16H,5-6,9,11-13H2,1-4H3,(H,23,27)(H2,24,25,28). The number of hydrogen-bond donors (Lipinski definition) is 3. The Labute approximate surface area is 173 Å². The lowest BCUT2D eigenvalue weighted by molar-refractivity contribution is 0.0949. The van der Waals surface area contributed by atoms with E-state index in [1.54, 1.807) is 18.2 Å². The number of hydrogen-bond acceptors (Lipinski definition) is 3. The van der Waals surface area contributed by atoms with Crippen LogP contribution in [-0.4, -0.2) is 49.1 Å². The van der Waals surface area contributed by atoms with Gasteiger partial charge in [0.25, 0.3) is 5.91 Å². The van der Waals surface area contributed by atoms with Crippen LogP contribution >= 0.6 is 11.6 Å². The first-order valence-electron chi connectivity index (χ1n) is 10.1. The fourth-order valence-corrected chi connectivity index (χ4v) is 3.61. The van der Waals surface area contributed by atoms with E-state index in [-0.39, 0.29) is 11.9 Å². The van der Waals surface area contributed by atoms with Gasteiger partial charge in [0.1, 0.15) is 0 Å². The Kier molecular flexibility index (Phi) is 8.58. The SMILES string of the molecule is CC(C)CNC(=O)c1ccc(NC(=O)NCC(C)N2CCCC(C)C2)cc1Cl. The van der Waals surface area contributed by atoms with Crippen LogP contribution in [0.5, 0.6) is 0 Å². The van der Waals surface area contributed by atoms with Gasteiger partial charge in [-0.1, -0.05) is 32.4 Å². The summed E-state index contributed by atoms with van der Waals surface area (Å²) in [5, 5.41) is 8.85. The minimum Gasteiger partial charge on any atom is -0.352 e. The van der Waals surface area contributed by atoms with Crippen molar-refractivity contribution in [1.82, 2.24) is 15.5 Å². The van der Waals surface area contributed by atoms with Crippen molar-refractivity contribution in [3.05, 3.63) is 28.8 Å². The first kappa shape index (κ1) is 22.5. The highest BCUT2D eigenvalue weighted by Gasteiger charge is 2.21. The summed E-state index contributed by atoms with van der Waals surface area (Å²) in [4.78, 5) is 26.8. The molecule has 1 saturated heterocycles. The molecule has 28 heavy (non-hydrogen) atoms. The molecule has 3 amide bonds. The van der Waals surface area contributed by atoms with Gasteiger partial charge in [-0.2, -0.15) is 0 Å². The van der Waals surface area contributed by atoms with Crippen LogP contribution in [0.25, 0.3) is 0 Å². The van der Waals surface area contributed by atoms with E-state index < -0.39 is 0 Å². The second-order valence-electron chi connectivity index (χ2n) is 8.22. The Morgan fingerprint density at radius 3 is 2.61 bits per heavy atom. The highest BCUT2D eigenvalue weighted by molar-refractivity contribution is 6.34. The van der Waals surface area contributed by atoms with Crippen LogP contribution < -0.4 is 16.0 Å². The largest absolute Gasteiger partial charge is 0.352 e. The summed E-state index contributed by atoms with van der Waals surface area (Å²) in [5.74, 6) is 0.866. The second kappa shape index (κ2) is 10.7. The molecular formula is C21H33ClN4O2.